The number of hydrogen-bond acceptors (Lipinski definition) is 16. The molecule has 40 heteroatoms. The fraction of sp³-hybridized carbons (Fsp3) is 1.00. The number of hydrogen-bond donors (Lipinski definition) is 12. The summed E-state index contributed by atoms with van der Waals surface area (Å²) in [7, 11) is -38.3. The fourth-order valence-electron chi connectivity index (χ4n) is 1.56. The van der Waals surface area contributed by atoms with Crippen LogP contribution in [0.25, 0.3) is 0 Å². The van der Waals surface area contributed by atoms with Crippen molar-refractivity contribution < 1.29 is 423 Å². The van der Waals surface area contributed by atoms with Crippen molar-refractivity contribution in [1.82, 2.24) is 0 Å². The molecule has 0 radical (unpaired) electrons. The molecule has 0 bridgehead atoms. The van der Waals surface area contributed by atoms with Gasteiger partial charge >= 0.3 is 346 Å². The number of unbranched alkanes of at least 4 members (excludes halogenated alkanes) is 3. The molecule has 0 aliphatic rings. The van der Waals surface area contributed by atoms with Crippen LogP contribution in [0.15, 0.2) is 0 Å². The third kappa shape index (κ3) is 124. The summed E-state index contributed by atoms with van der Waals surface area (Å²) in [6.45, 7) is 1.65. The maximum absolute atomic E-state index is 9.85. The molecule has 0 saturated heterocycles. The fourth-order valence-corrected chi connectivity index (χ4v) is 8.90. The number of nitrogens with two attached hydrogens (primary N) is 2. The SMILES string of the molecule is NCCCCCCN.O=P(O)(O)CP(=O)(O)O.O=P(O)(O)CP(=O)(O)O.O=P([O-])([O-])CP(=O)(O)O.O=P([O-])([O-])CP(=O)([O-])[O-].[K+].[K+].[K+].[K+].[K+].[K+]. The van der Waals surface area contributed by atoms with E-state index in [2.05, 4.69) is 0 Å². The minimum absolute atomic E-state index is 0. The first kappa shape index (κ1) is 87.8. The van der Waals surface area contributed by atoms with E-state index in [4.69, 9.17) is 60.4 Å². The standard InChI is InChI=1S/C6H16N2.4CH6O6P2.6K/c7-5-3-1-2-4-6-8;4*2-8(3,4)1-9(5,6)7;;;;;;/h1-8H2;4*1H2,(H2,2,3,4)(H2,5,6,7);;;;;;/q;;;;;6*+1/p-6. The summed E-state index contributed by atoms with van der Waals surface area (Å²) in [5.74, 6) is -6.17. The van der Waals surface area contributed by atoms with Gasteiger partial charge in [-0.05, 0) is 25.9 Å². The van der Waals surface area contributed by atoms with Crippen molar-refractivity contribution >= 4 is 60.8 Å². The zero-order valence-corrected chi connectivity index (χ0v) is 53.9. The molecule has 0 aliphatic heterocycles. The van der Waals surface area contributed by atoms with Crippen molar-refractivity contribution in [3.8, 4) is 0 Å². The quantitative estimate of drug-likeness (QED) is 0.0463. The molecule has 0 aliphatic carbocycles. The molecule has 50 heavy (non-hydrogen) atoms. The molecular weight excluding hydrogens is 1010 g/mol. The van der Waals surface area contributed by atoms with Gasteiger partial charge in [0, 0.05) is 5.90 Å². The van der Waals surface area contributed by atoms with Crippen LogP contribution >= 0.6 is 60.8 Å². The van der Waals surface area contributed by atoms with E-state index in [-0.39, 0.29) is 308 Å². The van der Waals surface area contributed by atoms with Crippen LogP contribution in [-0.2, 0) is 36.5 Å². The molecule has 0 aromatic carbocycles. The topological polar surface area (TPSA) is 529 Å². The van der Waals surface area contributed by atoms with Crippen molar-refractivity contribution in [2.75, 3.05) is 36.7 Å². The van der Waals surface area contributed by atoms with Gasteiger partial charge in [-0.25, -0.2) is 0 Å². The summed E-state index contributed by atoms with van der Waals surface area (Å²) in [4.78, 5) is 137. The second-order valence-corrected chi connectivity index (χ2v) is 22.6. The van der Waals surface area contributed by atoms with Gasteiger partial charge in [-0.15, -0.1) is 0 Å². The van der Waals surface area contributed by atoms with Crippen LogP contribution in [0, 0.1) is 0 Å². The Morgan fingerprint density at radius 2 is 0.480 bits per heavy atom. The normalized spacial score (nSPS) is 11.5. The predicted octanol–water partition coefficient (Wildman–Crippen LogP) is -24.1. The summed E-state index contributed by atoms with van der Waals surface area (Å²) in [5, 5.41) is 0. The van der Waals surface area contributed by atoms with Crippen molar-refractivity contribution in [3.63, 3.8) is 0 Å². The van der Waals surface area contributed by atoms with Gasteiger partial charge in [-0.3, -0.25) is 22.8 Å². The molecule has 0 rings (SSSR count). The Kier molecular flexibility index (Phi) is 76.9. The first-order valence-corrected chi connectivity index (χ1v) is 24.6. The molecule has 14 N–H and O–H groups in total. The van der Waals surface area contributed by atoms with Crippen LogP contribution in [-0.4, -0.2) is 85.6 Å². The van der Waals surface area contributed by atoms with E-state index in [1.165, 1.54) is 12.8 Å². The predicted molar refractivity (Wildman–Crippen MR) is 139 cm³/mol. The van der Waals surface area contributed by atoms with Crippen molar-refractivity contribution in [3.05, 3.63) is 0 Å². The summed E-state index contributed by atoms with van der Waals surface area (Å²) < 4.78 is 77.9. The van der Waals surface area contributed by atoms with Crippen LogP contribution in [0.3, 0.4) is 0 Å². The van der Waals surface area contributed by atoms with Gasteiger partial charge in [0.1, 0.15) is 0 Å². The minimum Gasteiger partial charge on any atom is -0.810 e. The van der Waals surface area contributed by atoms with E-state index in [0.29, 0.717) is 0 Å². The van der Waals surface area contributed by atoms with E-state index in [1.54, 1.807) is 0 Å². The van der Waals surface area contributed by atoms with Crippen LogP contribution in [0.1, 0.15) is 25.7 Å². The maximum atomic E-state index is 9.85. The summed E-state index contributed by atoms with van der Waals surface area (Å²) in [6.07, 6.45) is 4.79. The van der Waals surface area contributed by atoms with Gasteiger partial charge < -0.3 is 103 Å². The van der Waals surface area contributed by atoms with Crippen LogP contribution < -0.4 is 349 Å². The Bertz CT molecular complexity index is 916. The first-order chi connectivity index (χ1) is 18.7. The molecule has 0 aromatic rings. The van der Waals surface area contributed by atoms with Crippen molar-refractivity contribution in [2.24, 2.45) is 11.5 Å². The second-order valence-electron chi connectivity index (χ2n) is 7.71. The van der Waals surface area contributed by atoms with Crippen LogP contribution in [0.4, 0.5) is 0 Å². The van der Waals surface area contributed by atoms with Gasteiger partial charge in [-0.2, -0.15) is 0 Å². The summed E-state index contributed by atoms with van der Waals surface area (Å²) >= 11 is 0. The molecule has 26 nitrogen and oxygen atoms in total. The van der Waals surface area contributed by atoms with Gasteiger partial charge in [0.2, 0.25) is 0 Å². The van der Waals surface area contributed by atoms with E-state index >= 15 is 0 Å². The molecular formula is C10H34K6N2O24P8. The summed E-state index contributed by atoms with van der Waals surface area (Å²) in [5.41, 5.74) is 10.6. The first-order valence-electron chi connectivity index (χ1n) is 10.4. The summed E-state index contributed by atoms with van der Waals surface area (Å²) in [6, 6.07) is 0. The zero-order valence-electron chi connectivity index (χ0n) is 28.0. The number of rotatable bonds is 13. The molecule has 0 heterocycles. The Balaban J connectivity index is -0.0000000410. The third-order valence-corrected chi connectivity index (χ3v) is 14.1. The molecule has 0 fully saturated rings. The molecule has 0 aromatic heterocycles. The smallest absolute Gasteiger partial charge is 0.810 e. The van der Waals surface area contributed by atoms with E-state index in [1.807, 2.05) is 0 Å². The molecule has 274 valence electrons. The molecule has 0 unspecified atom stereocenters. The third-order valence-electron chi connectivity index (χ3n) is 2.60. The second kappa shape index (κ2) is 43.8. The van der Waals surface area contributed by atoms with Gasteiger partial charge in [0.15, 0.2) is 11.8 Å². The average molecular weight is 1050 g/mol. The molecule has 0 amide bonds. The molecule has 0 spiro atoms. The van der Waals surface area contributed by atoms with Crippen molar-refractivity contribution in [2.45, 2.75) is 25.7 Å². The Hall–Kier alpha value is 10.9. The minimum atomic E-state index is -5.18. The monoisotopic (exact) mass is 1050 g/mol. The zero-order chi connectivity index (χ0) is 37.1. The van der Waals surface area contributed by atoms with Gasteiger partial charge in [0.05, 0.1) is 5.90 Å². The Morgan fingerprint density at radius 3 is 0.520 bits per heavy atom. The van der Waals surface area contributed by atoms with E-state index in [9.17, 15) is 65.9 Å². The van der Waals surface area contributed by atoms with E-state index < -0.39 is 84.4 Å². The van der Waals surface area contributed by atoms with E-state index in [0.717, 1.165) is 25.9 Å². The maximum Gasteiger partial charge on any atom is 1.00 e. The molecule has 0 atom stereocenters. The van der Waals surface area contributed by atoms with Gasteiger partial charge in [0.25, 0.3) is 0 Å². The van der Waals surface area contributed by atoms with Crippen molar-refractivity contribution in [1.29, 1.82) is 0 Å². The van der Waals surface area contributed by atoms with Gasteiger partial charge in [-0.1, -0.05) is 35.6 Å². The van der Waals surface area contributed by atoms with Crippen LogP contribution in [0.2, 0.25) is 0 Å². The van der Waals surface area contributed by atoms with Crippen LogP contribution in [0.5, 0.6) is 0 Å². The molecule has 0 saturated carbocycles. The average Bonchev–Trinajstić information content (AvgIpc) is 2.55. The Morgan fingerprint density at radius 1 is 0.320 bits per heavy atom. The Labute approximate surface area is 543 Å². The largest absolute Gasteiger partial charge is 1.00 e.